The summed E-state index contributed by atoms with van der Waals surface area (Å²) in [4.78, 5) is 4.78. The maximum absolute atomic E-state index is 3.61. The molecular weight excluding hydrogens is 258 g/mol. The molecule has 0 aliphatic rings. The summed E-state index contributed by atoms with van der Waals surface area (Å²) in [7, 11) is 4.29. The molecule has 1 aromatic rings. The SMILES string of the molecule is CCNC(CC)c1ccccc1N(CC)C(C)CN(C)C. The zero-order valence-electron chi connectivity index (χ0n) is 14.7. The third-order valence-corrected chi connectivity index (χ3v) is 3.98. The quantitative estimate of drug-likeness (QED) is 0.751. The van der Waals surface area contributed by atoms with Gasteiger partial charge in [-0.15, -0.1) is 0 Å². The van der Waals surface area contributed by atoms with Crippen LogP contribution >= 0.6 is 0 Å². The molecule has 0 aromatic heterocycles. The largest absolute Gasteiger partial charge is 0.368 e. The van der Waals surface area contributed by atoms with Gasteiger partial charge in [0.1, 0.15) is 0 Å². The van der Waals surface area contributed by atoms with Gasteiger partial charge in [-0.05, 0) is 52.5 Å². The van der Waals surface area contributed by atoms with Crippen LogP contribution in [0.5, 0.6) is 0 Å². The number of hydrogen-bond acceptors (Lipinski definition) is 3. The topological polar surface area (TPSA) is 18.5 Å². The molecule has 0 aliphatic heterocycles. The van der Waals surface area contributed by atoms with Crippen LogP contribution < -0.4 is 10.2 Å². The summed E-state index contributed by atoms with van der Waals surface area (Å²) in [6, 6.07) is 9.80. The fourth-order valence-corrected chi connectivity index (χ4v) is 3.11. The van der Waals surface area contributed by atoms with Gasteiger partial charge in [-0.25, -0.2) is 0 Å². The summed E-state index contributed by atoms with van der Waals surface area (Å²) >= 11 is 0. The predicted molar refractivity (Wildman–Crippen MR) is 94.2 cm³/mol. The Labute approximate surface area is 131 Å². The molecule has 0 bridgehead atoms. The molecule has 2 unspecified atom stereocenters. The first-order chi connectivity index (χ1) is 10.0. The van der Waals surface area contributed by atoms with Crippen LogP contribution in [-0.2, 0) is 0 Å². The Kier molecular flexibility index (Phi) is 7.76. The van der Waals surface area contributed by atoms with E-state index in [-0.39, 0.29) is 0 Å². The summed E-state index contributed by atoms with van der Waals surface area (Å²) < 4.78 is 0. The van der Waals surface area contributed by atoms with Gasteiger partial charge in [0, 0.05) is 30.9 Å². The van der Waals surface area contributed by atoms with Crippen LogP contribution in [0.2, 0.25) is 0 Å². The van der Waals surface area contributed by atoms with E-state index in [4.69, 9.17) is 0 Å². The van der Waals surface area contributed by atoms with Crippen LogP contribution in [0.1, 0.15) is 45.7 Å². The fraction of sp³-hybridized carbons (Fsp3) is 0.667. The fourth-order valence-electron chi connectivity index (χ4n) is 3.11. The summed E-state index contributed by atoms with van der Waals surface area (Å²) in [5.41, 5.74) is 2.80. The number of hydrogen-bond donors (Lipinski definition) is 1. The Morgan fingerprint density at radius 2 is 1.76 bits per heavy atom. The third kappa shape index (κ3) is 5.01. The van der Waals surface area contributed by atoms with E-state index >= 15 is 0 Å². The molecule has 0 saturated heterocycles. The maximum Gasteiger partial charge on any atom is 0.0417 e. The first-order valence-electron chi connectivity index (χ1n) is 8.28. The van der Waals surface area contributed by atoms with Crippen molar-refractivity contribution < 1.29 is 0 Å². The Morgan fingerprint density at radius 3 is 2.29 bits per heavy atom. The van der Waals surface area contributed by atoms with E-state index in [0.29, 0.717) is 12.1 Å². The molecule has 0 spiro atoms. The van der Waals surface area contributed by atoms with Crippen molar-refractivity contribution in [1.82, 2.24) is 10.2 Å². The van der Waals surface area contributed by atoms with E-state index in [1.165, 1.54) is 11.3 Å². The molecule has 3 nitrogen and oxygen atoms in total. The lowest BCUT2D eigenvalue weighted by atomic mass is 10.0. The summed E-state index contributed by atoms with van der Waals surface area (Å²) in [5, 5.41) is 3.61. The first-order valence-corrected chi connectivity index (χ1v) is 8.28. The average Bonchev–Trinajstić information content (AvgIpc) is 2.45. The van der Waals surface area contributed by atoms with Gasteiger partial charge < -0.3 is 15.1 Å². The summed E-state index contributed by atoms with van der Waals surface area (Å²) in [6.07, 6.45) is 1.12. The number of benzene rings is 1. The van der Waals surface area contributed by atoms with Gasteiger partial charge in [-0.2, -0.15) is 0 Å². The normalized spacial score (nSPS) is 14.2. The number of anilines is 1. The van der Waals surface area contributed by atoms with Gasteiger partial charge in [-0.1, -0.05) is 32.0 Å². The molecule has 0 fully saturated rings. The number of likely N-dealkylation sites (N-methyl/N-ethyl adjacent to an activating group) is 2. The van der Waals surface area contributed by atoms with Crippen LogP contribution in [0.4, 0.5) is 5.69 Å². The molecule has 120 valence electrons. The number of nitrogens with one attached hydrogen (secondary N) is 1. The van der Waals surface area contributed by atoms with E-state index in [2.05, 4.69) is 81.2 Å². The van der Waals surface area contributed by atoms with Crippen molar-refractivity contribution in [3.05, 3.63) is 29.8 Å². The van der Waals surface area contributed by atoms with E-state index in [1.807, 2.05) is 0 Å². The van der Waals surface area contributed by atoms with Gasteiger partial charge in [0.15, 0.2) is 0 Å². The van der Waals surface area contributed by atoms with Crippen molar-refractivity contribution in [3.63, 3.8) is 0 Å². The molecule has 0 radical (unpaired) electrons. The van der Waals surface area contributed by atoms with Gasteiger partial charge in [0.2, 0.25) is 0 Å². The second kappa shape index (κ2) is 9.06. The minimum absolute atomic E-state index is 0.437. The zero-order chi connectivity index (χ0) is 15.8. The predicted octanol–water partition coefficient (Wildman–Crippen LogP) is 3.52. The van der Waals surface area contributed by atoms with E-state index in [9.17, 15) is 0 Å². The molecule has 3 heteroatoms. The molecule has 0 amide bonds. The van der Waals surface area contributed by atoms with Crippen molar-refractivity contribution in [2.24, 2.45) is 0 Å². The van der Waals surface area contributed by atoms with Crippen LogP contribution in [0.25, 0.3) is 0 Å². The second-order valence-electron chi connectivity index (χ2n) is 5.97. The van der Waals surface area contributed by atoms with Crippen LogP contribution in [0.3, 0.4) is 0 Å². The molecule has 21 heavy (non-hydrogen) atoms. The van der Waals surface area contributed by atoms with E-state index in [1.54, 1.807) is 0 Å². The molecule has 0 heterocycles. The lowest BCUT2D eigenvalue weighted by Crippen LogP contribution is -2.41. The maximum atomic E-state index is 3.61. The zero-order valence-corrected chi connectivity index (χ0v) is 14.7. The Morgan fingerprint density at radius 1 is 1.10 bits per heavy atom. The highest BCUT2D eigenvalue weighted by Crippen LogP contribution is 2.29. The lowest BCUT2D eigenvalue weighted by Gasteiger charge is -2.35. The Bertz CT molecular complexity index is 403. The number of nitrogens with zero attached hydrogens (tertiary/aromatic N) is 2. The molecule has 1 aromatic carbocycles. The van der Waals surface area contributed by atoms with Gasteiger partial charge >= 0.3 is 0 Å². The lowest BCUT2D eigenvalue weighted by molar-refractivity contribution is 0.372. The highest BCUT2D eigenvalue weighted by Gasteiger charge is 2.19. The van der Waals surface area contributed by atoms with Gasteiger partial charge in [-0.3, -0.25) is 0 Å². The molecule has 1 N–H and O–H groups in total. The van der Waals surface area contributed by atoms with Crippen molar-refractivity contribution in [1.29, 1.82) is 0 Å². The van der Waals surface area contributed by atoms with E-state index < -0.39 is 0 Å². The molecule has 2 atom stereocenters. The van der Waals surface area contributed by atoms with Crippen LogP contribution in [0.15, 0.2) is 24.3 Å². The van der Waals surface area contributed by atoms with Crippen molar-refractivity contribution >= 4 is 5.69 Å². The van der Waals surface area contributed by atoms with Gasteiger partial charge in [0.25, 0.3) is 0 Å². The standard InChI is InChI=1S/C18H33N3/c1-7-17(19-8-2)16-12-10-11-13-18(16)21(9-3)15(4)14-20(5)6/h10-13,15,17,19H,7-9,14H2,1-6H3. The smallest absolute Gasteiger partial charge is 0.0417 e. The molecule has 0 aliphatic carbocycles. The highest BCUT2D eigenvalue weighted by atomic mass is 15.2. The summed E-state index contributed by atoms with van der Waals surface area (Å²) in [6.45, 7) is 12.1. The Hall–Kier alpha value is -1.06. The molecular formula is C18H33N3. The minimum Gasteiger partial charge on any atom is -0.368 e. The monoisotopic (exact) mass is 291 g/mol. The number of rotatable bonds is 9. The van der Waals surface area contributed by atoms with Gasteiger partial charge in [0.05, 0.1) is 0 Å². The third-order valence-electron chi connectivity index (χ3n) is 3.98. The van der Waals surface area contributed by atoms with Crippen molar-refractivity contribution in [3.8, 4) is 0 Å². The molecule has 1 rings (SSSR count). The van der Waals surface area contributed by atoms with Crippen molar-refractivity contribution in [2.75, 3.05) is 38.6 Å². The van der Waals surface area contributed by atoms with E-state index in [0.717, 1.165) is 26.1 Å². The first kappa shape index (κ1) is 18.0. The minimum atomic E-state index is 0.437. The Balaban J connectivity index is 3.08. The average molecular weight is 291 g/mol. The summed E-state index contributed by atoms with van der Waals surface area (Å²) in [5.74, 6) is 0. The highest BCUT2D eigenvalue weighted by molar-refractivity contribution is 5.55. The van der Waals surface area contributed by atoms with Crippen molar-refractivity contribution in [2.45, 2.75) is 46.2 Å². The molecule has 0 saturated carbocycles. The number of para-hydroxylation sites is 1. The van der Waals surface area contributed by atoms with Crippen LogP contribution in [0, 0.1) is 0 Å². The van der Waals surface area contributed by atoms with Crippen LogP contribution in [-0.4, -0.2) is 44.7 Å². The second-order valence-corrected chi connectivity index (χ2v) is 5.97.